The minimum atomic E-state index is -5.28. The second-order valence-corrected chi connectivity index (χ2v) is 18.7. The van der Waals surface area contributed by atoms with Crippen LogP contribution in [0.25, 0.3) is 22.1 Å². The second-order valence-electron chi connectivity index (χ2n) is 13.1. The van der Waals surface area contributed by atoms with E-state index >= 15 is 13.2 Å². The quantitative estimate of drug-likeness (QED) is 0.164. The van der Waals surface area contributed by atoms with Gasteiger partial charge in [-0.2, -0.15) is 18.4 Å². The molecule has 0 fully saturated rings. The van der Waals surface area contributed by atoms with Crippen molar-refractivity contribution >= 4 is 36.2 Å². The van der Waals surface area contributed by atoms with E-state index in [9.17, 15) is 15.2 Å². The van der Waals surface area contributed by atoms with Gasteiger partial charge in [0.25, 0.3) is 0 Å². The van der Waals surface area contributed by atoms with Gasteiger partial charge in [0.2, 0.25) is 5.60 Å². The van der Waals surface area contributed by atoms with E-state index in [0.717, 1.165) is 15.2 Å². The predicted molar refractivity (Wildman–Crippen MR) is 163 cm³/mol. The number of imidazole rings is 1. The summed E-state index contributed by atoms with van der Waals surface area (Å²) in [6.07, 6.45) is -3.32. The van der Waals surface area contributed by atoms with Gasteiger partial charge in [-0.15, -0.1) is 0 Å². The summed E-state index contributed by atoms with van der Waals surface area (Å²) < 4.78 is 60.1. The van der Waals surface area contributed by atoms with Crippen LogP contribution in [-0.4, -0.2) is 56.8 Å². The average Bonchev–Trinajstić information content (AvgIpc) is 3.50. The van der Waals surface area contributed by atoms with Gasteiger partial charge < -0.3 is 14.6 Å². The molecule has 1 N–H and O–H groups in total. The standard InChI is InChI=1S/C31H38F3N5O4Si/c1-9-21-14-19(2)25-22(10-11-38(25)28(40)43-29(3,4)5)24(21)30(41,31(32,33)34)27-37-23-15-20(16-35)17-36-26(23)39(27)18-42-12-13-44(6,7)8/h10-11,14-15,17,41H,9,12-13,18H2,1-8H3. The van der Waals surface area contributed by atoms with Crippen LogP contribution >= 0.6 is 0 Å². The minimum absolute atomic E-state index is 0.00301. The van der Waals surface area contributed by atoms with Gasteiger partial charge in [0.1, 0.15) is 23.9 Å². The molecule has 0 spiro atoms. The van der Waals surface area contributed by atoms with E-state index in [4.69, 9.17) is 9.47 Å². The lowest BCUT2D eigenvalue weighted by molar-refractivity contribution is -0.252. The van der Waals surface area contributed by atoms with E-state index in [0.29, 0.717) is 12.2 Å². The molecule has 13 heteroatoms. The molecule has 4 rings (SSSR count). The highest BCUT2D eigenvalue weighted by atomic mass is 28.3. The number of ether oxygens (including phenoxy) is 2. The maximum absolute atomic E-state index is 15.5. The Balaban J connectivity index is 2.04. The summed E-state index contributed by atoms with van der Waals surface area (Å²) in [4.78, 5) is 21.6. The molecule has 0 saturated heterocycles. The highest BCUT2D eigenvalue weighted by molar-refractivity contribution is 6.76. The van der Waals surface area contributed by atoms with E-state index in [1.165, 1.54) is 24.5 Å². The zero-order valence-electron chi connectivity index (χ0n) is 26.3. The summed E-state index contributed by atoms with van der Waals surface area (Å²) in [7, 11) is -1.52. The number of carbonyl (C=O) groups excluding carboxylic acids is 1. The highest BCUT2D eigenvalue weighted by Gasteiger charge is 2.61. The fourth-order valence-electron chi connectivity index (χ4n) is 5.17. The topological polar surface area (TPSA) is 115 Å². The normalized spacial score (nSPS) is 14.2. The van der Waals surface area contributed by atoms with E-state index in [2.05, 4.69) is 29.6 Å². The summed E-state index contributed by atoms with van der Waals surface area (Å²) in [5, 5.41) is 21.6. The van der Waals surface area contributed by atoms with Crippen molar-refractivity contribution < 1.29 is 32.5 Å². The van der Waals surface area contributed by atoms with Crippen LogP contribution in [-0.2, 0) is 28.2 Å². The molecule has 0 aliphatic carbocycles. The van der Waals surface area contributed by atoms with E-state index in [1.807, 2.05) is 6.07 Å². The summed E-state index contributed by atoms with van der Waals surface area (Å²) in [5.74, 6) is -0.750. The first kappa shape index (κ1) is 33.2. The number of alkyl halides is 3. The molecule has 0 amide bonds. The molecule has 0 bridgehead atoms. The summed E-state index contributed by atoms with van der Waals surface area (Å²) in [6, 6.07) is 6.93. The van der Waals surface area contributed by atoms with Crippen LogP contribution in [0.3, 0.4) is 0 Å². The number of fused-ring (bicyclic) bond motifs is 2. The van der Waals surface area contributed by atoms with Crippen molar-refractivity contribution in [2.24, 2.45) is 0 Å². The van der Waals surface area contributed by atoms with Crippen LogP contribution in [0.5, 0.6) is 0 Å². The number of hydrogen-bond acceptors (Lipinski definition) is 7. The van der Waals surface area contributed by atoms with Gasteiger partial charge in [0, 0.05) is 38.0 Å². The molecular weight excluding hydrogens is 591 g/mol. The number of rotatable bonds is 8. The van der Waals surface area contributed by atoms with Crippen molar-refractivity contribution in [3.63, 3.8) is 0 Å². The molecule has 0 radical (unpaired) electrons. The Morgan fingerprint density at radius 2 is 1.86 bits per heavy atom. The Morgan fingerprint density at radius 3 is 2.43 bits per heavy atom. The Bertz CT molecular complexity index is 1760. The molecule has 3 aromatic heterocycles. The fourth-order valence-corrected chi connectivity index (χ4v) is 5.92. The molecule has 3 heterocycles. The average molecular weight is 630 g/mol. The lowest BCUT2D eigenvalue weighted by atomic mass is 9.83. The minimum Gasteiger partial charge on any atom is -0.443 e. The lowest BCUT2D eigenvalue weighted by Crippen LogP contribution is -2.46. The number of aromatic nitrogens is 4. The first-order valence-electron chi connectivity index (χ1n) is 14.3. The molecule has 4 aromatic rings. The number of nitrogens with zero attached hydrogens (tertiary/aromatic N) is 5. The monoisotopic (exact) mass is 629 g/mol. The smallest absolute Gasteiger partial charge is 0.428 e. The number of aryl methyl sites for hydroxylation is 2. The van der Waals surface area contributed by atoms with E-state index in [-0.39, 0.29) is 46.3 Å². The molecule has 1 atom stereocenters. The molecule has 0 aliphatic heterocycles. The number of hydrogen-bond donors (Lipinski definition) is 1. The molecule has 44 heavy (non-hydrogen) atoms. The fraction of sp³-hybridized carbons (Fsp3) is 0.484. The van der Waals surface area contributed by atoms with Crippen molar-refractivity contribution in [3.05, 3.63) is 58.7 Å². The van der Waals surface area contributed by atoms with Gasteiger partial charge in [-0.05, 0) is 63.4 Å². The zero-order valence-corrected chi connectivity index (χ0v) is 27.3. The number of pyridine rings is 1. The van der Waals surface area contributed by atoms with Gasteiger partial charge in [-0.1, -0.05) is 32.6 Å². The molecule has 0 aliphatic rings. The second kappa shape index (κ2) is 11.6. The molecular formula is C31H38F3N5O4Si. The Labute approximate surface area is 255 Å². The van der Waals surface area contributed by atoms with Gasteiger partial charge >= 0.3 is 12.3 Å². The Hall–Kier alpha value is -3.73. The van der Waals surface area contributed by atoms with E-state index < -0.39 is 42.9 Å². The highest BCUT2D eigenvalue weighted by Crippen LogP contribution is 2.49. The number of nitriles is 1. The van der Waals surface area contributed by atoms with Crippen molar-refractivity contribution in [2.45, 2.75) is 90.8 Å². The van der Waals surface area contributed by atoms with E-state index in [1.54, 1.807) is 40.7 Å². The maximum atomic E-state index is 15.5. The predicted octanol–water partition coefficient (Wildman–Crippen LogP) is 7.02. The zero-order chi connectivity index (χ0) is 32.8. The first-order valence-corrected chi connectivity index (χ1v) is 18.0. The van der Waals surface area contributed by atoms with Gasteiger partial charge in [-0.25, -0.2) is 14.8 Å². The van der Waals surface area contributed by atoms with Crippen LogP contribution in [0.2, 0.25) is 25.7 Å². The van der Waals surface area contributed by atoms with Crippen LogP contribution in [0, 0.1) is 18.3 Å². The molecule has 9 nitrogen and oxygen atoms in total. The van der Waals surface area contributed by atoms with Gasteiger partial charge in [0.15, 0.2) is 11.5 Å². The van der Waals surface area contributed by atoms with Crippen LogP contribution < -0.4 is 0 Å². The molecule has 0 saturated carbocycles. The maximum Gasteiger partial charge on any atom is 0.428 e. The van der Waals surface area contributed by atoms with Gasteiger partial charge in [0.05, 0.1) is 11.1 Å². The van der Waals surface area contributed by atoms with Crippen molar-refractivity contribution in [1.29, 1.82) is 5.26 Å². The van der Waals surface area contributed by atoms with Crippen molar-refractivity contribution in [2.75, 3.05) is 6.61 Å². The van der Waals surface area contributed by atoms with Crippen LogP contribution in [0.4, 0.5) is 18.0 Å². The third kappa shape index (κ3) is 6.24. The van der Waals surface area contributed by atoms with Crippen molar-refractivity contribution in [3.8, 4) is 6.07 Å². The largest absolute Gasteiger partial charge is 0.443 e. The third-order valence-electron chi connectivity index (χ3n) is 7.24. The third-order valence-corrected chi connectivity index (χ3v) is 8.94. The molecule has 236 valence electrons. The van der Waals surface area contributed by atoms with Crippen molar-refractivity contribution in [1.82, 2.24) is 19.1 Å². The summed E-state index contributed by atoms with van der Waals surface area (Å²) in [6.45, 7) is 14.8. The molecule has 1 unspecified atom stereocenters. The first-order chi connectivity index (χ1) is 20.3. The summed E-state index contributed by atoms with van der Waals surface area (Å²) >= 11 is 0. The van der Waals surface area contributed by atoms with Crippen LogP contribution in [0.1, 0.15) is 55.8 Å². The lowest BCUT2D eigenvalue weighted by Gasteiger charge is -2.33. The van der Waals surface area contributed by atoms with Gasteiger partial charge in [-0.3, -0.25) is 9.13 Å². The summed E-state index contributed by atoms with van der Waals surface area (Å²) in [5.41, 5.74) is -3.89. The number of halogens is 3. The number of carbonyl (C=O) groups is 1. The SMILES string of the molecule is CCc1cc(C)c2c(ccn2C(=O)OC(C)(C)C)c1C(O)(c1nc2cc(C#N)cnc2n1COCC[Si](C)(C)C)C(F)(F)F. The molecule has 1 aromatic carbocycles. The number of aliphatic hydroxyl groups is 1. The Morgan fingerprint density at radius 1 is 1.18 bits per heavy atom. The number of benzene rings is 1. The van der Waals surface area contributed by atoms with Crippen LogP contribution in [0.15, 0.2) is 30.6 Å². The Kier molecular flexibility index (Phi) is 8.78.